The van der Waals surface area contributed by atoms with Gasteiger partial charge in [0.2, 0.25) is 0 Å². The lowest BCUT2D eigenvalue weighted by Crippen LogP contribution is -2.51. The average molecular weight is 283 g/mol. The molecule has 4 rings (SSSR count). The number of hydrogen-bond donors (Lipinski definition) is 1. The van der Waals surface area contributed by atoms with E-state index in [1.807, 2.05) is 0 Å². The summed E-state index contributed by atoms with van der Waals surface area (Å²) in [7, 11) is 0. The maximum Gasteiger partial charge on any atom is 0.0351 e. The van der Waals surface area contributed by atoms with Gasteiger partial charge in [0.15, 0.2) is 0 Å². The summed E-state index contributed by atoms with van der Waals surface area (Å²) in [6.07, 6.45) is 7.11. The van der Waals surface area contributed by atoms with Gasteiger partial charge in [-0.15, -0.1) is 0 Å². The maximum atomic E-state index is 4.16. The van der Waals surface area contributed by atoms with Gasteiger partial charge >= 0.3 is 0 Å². The molecule has 3 aliphatic carbocycles. The zero-order valence-electron chi connectivity index (χ0n) is 13.7. The van der Waals surface area contributed by atoms with Crippen LogP contribution in [0.3, 0.4) is 0 Å². The van der Waals surface area contributed by atoms with Gasteiger partial charge < -0.3 is 5.32 Å². The lowest BCUT2D eigenvalue weighted by atomic mass is 9.68. The van der Waals surface area contributed by atoms with Crippen LogP contribution in [0.15, 0.2) is 30.3 Å². The molecule has 3 fully saturated rings. The Kier molecular flexibility index (Phi) is 3.02. The zero-order chi connectivity index (χ0) is 14.7. The molecular weight excluding hydrogens is 254 g/mol. The number of rotatable bonds is 4. The molecule has 4 atom stereocenters. The van der Waals surface area contributed by atoms with Gasteiger partial charge in [0.1, 0.15) is 0 Å². The second kappa shape index (κ2) is 4.59. The molecule has 0 saturated heterocycles. The van der Waals surface area contributed by atoms with Crippen molar-refractivity contribution in [1.82, 2.24) is 5.32 Å². The zero-order valence-corrected chi connectivity index (χ0v) is 13.7. The molecule has 0 amide bonds. The van der Waals surface area contributed by atoms with Crippen LogP contribution >= 0.6 is 0 Å². The Balaban J connectivity index is 1.61. The number of hydrogen-bond acceptors (Lipinski definition) is 1. The molecule has 1 nitrogen and oxygen atoms in total. The third-order valence-electron chi connectivity index (χ3n) is 6.87. The molecule has 1 heteroatoms. The van der Waals surface area contributed by atoms with Crippen molar-refractivity contribution >= 4 is 0 Å². The van der Waals surface area contributed by atoms with Crippen molar-refractivity contribution in [3.05, 3.63) is 35.9 Å². The van der Waals surface area contributed by atoms with Crippen LogP contribution in [-0.4, -0.2) is 6.04 Å². The molecule has 21 heavy (non-hydrogen) atoms. The lowest BCUT2D eigenvalue weighted by Gasteiger charge is -2.45. The minimum Gasteiger partial charge on any atom is -0.306 e. The summed E-state index contributed by atoms with van der Waals surface area (Å²) >= 11 is 0. The minimum absolute atomic E-state index is 0.453. The van der Waals surface area contributed by atoms with Gasteiger partial charge in [0.25, 0.3) is 0 Å². The first-order valence-electron chi connectivity index (χ1n) is 8.82. The van der Waals surface area contributed by atoms with Crippen molar-refractivity contribution in [2.45, 2.75) is 65.0 Å². The highest BCUT2D eigenvalue weighted by Crippen LogP contribution is 2.63. The predicted molar refractivity (Wildman–Crippen MR) is 88.1 cm³/mol. The first-order chi connectivity index (χ1) is 10.0. The molecule has 2 bridgehead atoms. The summed E-state index contributed by atoms with van der Waals surface area (Å²) in [5.41, 5.74) is 2.48. The topological polar surface area (TPSA) is 12.0 Å². The highest BCUT2D eigenvalue weighted by molar-refractivity contribution is 5.23. The van der Waals surface area contributed by atoms with Crippen molar-refractivity contribution in [2.24, 2.45) is 22.7 Å². The first-order valence-corrected chi connectivity index (χ1v) is 8.82. The Morgan fingerprint density at radius 3 is 2.33 bits per heavy atom. The summed E-state index contributed by atoms with van der Waals surface area (Å²) in [5, 5.41) is 4.16. The molecule has 0 radical (unpaired) electrons. The van der Waals surface area contributed by atoms with E-state index in [4.69, 9.17) is 0 Å². The summed E-state index contributed by atoms with van der Waals surface area (Å²) in [6, 6.07) is 12.4. The molecule has 0 spiro atoms. The molecular formula is C20H29N. The summed E-state index contributed by atoms with van der Waals surface area (Å²) < 4.78 is 0. The monoisotopic (exact) mass is 283 g/mol. The van der Waals surface area contributed by atoms with Crippen molar-refractivity contribution in [3.8, 4) is 0 Å². The molecule has 0 aromatic heterocycles. The van der Waals surface area contributed by atoms with Crippen molar-refractivity contribution < 1.29 is 0 Å². The lowest BCUT2D eigenvalue weighted by molar-refractivity contribution is 0.0952. The number of fused-ring (bicyclic) bond motifs is 2. The summed E-state index contributed by atoms with van der Waals surface area (Å²) in [4.78, 5) is 0. The Bertz CT molecular complexity index is 511. The van der Waals surface area contributed by atoms with Gasteiger partial charge in [0, 0.05) is 12.1 Å². The molecule has 0 aliphatic heterocycles. The fourth-order valence-corrected chi connectivity index (χ4v) is 5.49. The number of nitrogens with one attached hydrogen (secondary N) is 1. The van der Waals surface area contributed by atoms with Crippen LogP contribution in [0.5, 0.6) is 0 Å². The van der Waals surface area contributed by atoms with Crippen LogP contribution in [0.2, 0.25) is 0 Å². The highest BCUT2D eigenvalue weighted by atomic mass is 15.0. The Hall–Kier alpha value is -0.820. The number of benzene rings is 1. The van der Waals surface area contributed by atoms with Gasteiger partial charge in [-0.25, -0.2) is 0 Å². The van der Waals surface area contributed by atoms with E-state index in [-0.39, 0.29) is 0 Å². The Morgan fingerprint density at radius 2 is 1.76 bits per heavy atom. The largest absolute Gasteiger partial charge is 0.306 e. The van der Waals surface area contributed by atoms with E-state index >= 15 is 0 Å². The van der Waals surface area contributed by atoms with Gasteiger partial charge in [-0.3, -0.25) is 0 Å². The quantitative estimate of drug-likeness (QED) is 0.825. The Labute approximate surface area is 129 Å². The van der Waals surface area contributed by atoms with Crippen LogP contribution in [0.4, 0.5) is 0 Å². The van der Waals surface area contributed by atoms with Crippen LogP contribution in [0, 0.1) is 22.7 Å². The summed E-state index contributed by atoms with van der Waals surface area (Å²) in [5.74, 6) is 1.79. The summed E-state index contributed by atoms with van der Waals surface area (Å²) in [6.45, 7) is 7.55. The van der Waals surface area contributed by atoms with E-state index in [0.717, 1.165) is 11.8 Å². The molecule has 3 aliphatic rings. The van der Waals surface area contributed by atoms with Crippen molar-refractivity contribution in [1.29, 1.82) is 0 Å². The van der Waals surface area contributed by atoms with E-state index in [9.17, 15) is 0 Å². The normalized spacial score (nSPS) is 38.6. The maximum absolute atomic E-state index is 4.16. The molecule has 0 heterocycles. The fourth-order valence-electron chi connectivity index (χ4n) is 5.49. The first kappa shape index (κ1) is 13.8. The molecule has 4 unspecified atom stereocenters. The predicted octanol–water partition coefficient (Wildman–Crippen LogP) is 4.94. The molecule has 3 saturated carbocycles. The molecule has 114 valence electrons. The van der Waals surface area contributed by atoms with E-state index in [0.29, 0.717) is 22.9 Å². The van der Waals surface area contributed by atoms with Gasteiger partial charge in [0.05, 0.1) is 0 Å². The van der Waals surface area contributed by atoms with E-state index < -0.39 is 0 Å². The minimum atomic E-state index is 0.453. The molecule has 1 N–H and O–H groups in total. The van der Waals surface area contributed by atoms with Crippen molar-refractivity contribution in [2.75, 3.05) is 0 Å². The second-order valence-electron chi connectivity index (χ2n) is 8.74. The van der Waals surface area contributed by atoms with Crippen LogP contribution in [0.1, 0.15) is 64.5 Å². The smallest absolute Gasteiger partial charge is 0.0351 e. The third kappa shape index (κ3) is 2.16. The molecule has 1 aromatic rings. The average Bonchev–Trinajstić information content (AvgIpc) is 3.18. The van der Waals surface area contributed by atoms with E-state index in [2.05, 4.69) is 56.4 Å². The standard InChI is InChI=1S/C20H29N/c1-19(2)16-11-12-20(3,13-16)18(19)21-17(15-9-10-15)14-7-5-4-6-8-14/h4-8,15-18,21H,9-13H2,1-3H3. The second-order valence-corrected chi connectivity index (χ2v) is 8.74. The third-order valence-corrected chi connectivity index (χ3v) is 6.87. The van der Waals surface area contributed by atoms with Crippen LogP contribution in [0.25, 0.3) is 0 Å². The van der Waals surface area contributed by atoms with Crippen LogP contribution < -0.4 is 5.32 Å². The van der Waals surface area contributed by atoms with E-state index in [1.54, 1.807) is 0 Å². The van der Waals surface area contributed by atoms with Crippen LogP contribution in [-0.2, 0) is 0 Å². The SMILES string of the molecule is CC12CCC(C1)C(C)(C)C2NC(c1ccccc1)C1CC1. The molecule has 1 aromatic carbocycles. The fraction of sp³-hybridized carbons (Fsp3) is 0.700. The van der Waals surface area contributed by atoms with Crippen molar-refractivity contribution in [3.63, 3.8) is 0 Å². The van der Waals surface area contributed by atoms with Gasteiger partial charge in [-0.05, 0) is 60.3 Å². The van der Waals surface area contributed by atoms with E-state index in [1.165, 1.54) is 37.7 Å². The Morgan fingerprint density at radius 1 is 1.05 bits per heavy atom. The van der Waals surface area contributed by atoms with Gasteiger partial charge in [-0.1, -0.05) is 51.1 Å². The highest BCUT2D eigenvalue weighted by Gasteiger charge is 2.59. The van der Waals surface area contributed by atoms with Gasteiger partial charge in [-0.2, -0.15) is 0 Å².